The number of ether oxygens (including phenoxy) is 1. The fraction of sp³-hybridized carbons (Fsp3) is 0.409. The first kappa shape index (κ1) is 20.4. The Labute approximate surface area is 167 Å². The summed E-state index contributed by atoms with van der Waals surface area (Å²) < 4.78 is 29.6. The van der Waals surface area contributed by atoms with E-state index in [4.69, 9.17) is 4.74 Å². The maximum absolute atomic E-state index is 13.3. The number of carbonyl (C=O) groups is 1. The van der Waals surface area contributed by atoms with Crippen molar-refractivity contribution >= 4 is 15.7 Å². The lowest BCUT2D eigenvalue weighted by Gasteiger charge is -2.29. The number of aryl methyl sites for hydroxylation is 1. The van der Waals surface area contributed by atoms with Crippen LogP contribution in [-0.2, 0) is 16.4 Å². The molecule has 0 spiro atoms. The fourth-order valence-corrected chi connectivity index (χ4v) is 5.19. The van der Waals surface area contributed by atoms with Crippen molar-refractivity contribution in [2.75, 3.05) is 18.1 Å². The molecule has 0 aromatic heterocycles. The number of rotatable bonds is 7. The number of sulfone groups is 1. The second-order valence-corrected chi connectivity index (χ2v) is 9.53. The van der Waals surface area contributed by atoms with Crippen LogP contribution in [0, 0.1) is 6.92 Å². The van der Waals surface area contributed by atoms with E-state index in [1.807, 2.05) is 49.4 Å². The van der Waals surface area contributed by atoms with E-state index in [2.05, 4.69) is 6.92 Å². The smallest absolute Gasteiger partial charge is 0.254 e. The molecular weight excluding hydrogens is 374 g/mol. The van der Waals surface area contributed by atoms with Gasteiger partial charge in [-0.3, -0.25) is 4.79 Å². The van der Waals surface area contributed by atoms with Gasteiger partial charge in [-0.2, -0.15) is 0 Å². The van der Waals surface area contributed by atoms with Crippen LogP contribution in [0.3, 0.4) is 0 Å². The van der Waals surface area contributed by atoms with E-state index < -0.39 is 9.84 Å². The molecule has 1 amide bonds. The van der Waals surface area contributed by atoms with Crippen molar-refractivity contribution in [3.8, 4) is 5.75 Å². The summed E-state index contributed by atoms with van der Waals surface area (Å²) in [5, 5.41) is 0. The minimum atomic E-state index is -3.09. The van der Waals surface area contributed by atoms with E-state index in [0.29, 0.717) is 25.1 Å². The highest BCUT2D eigenvalue weighted by atomic mass is 32.2. The predicted molar refractivity (Wildman–Crippen MR) is 110 cm³/mol. The normalized spacial score (nSPS) is 18.0. The molecule has 1 aliphatic rings. The second-order valence-electron chi connectivity index (χ2n) is 7.30. The summed E-state index contributed by atoms with van der Waals surface area (Å²) in [6.07, 6.45) is 1.42. The summed E-state index contributed by atoms with van der Waals surface area (Å²) in [7, 11) is -3.09. The highest BCUT2D eigenvalue weighted by Gasteiger charge is 2.35. The van der Waals surface area contributed by atoms with Crippen LogP contribution < -0.4 is 4.74 Å². The zero-order valence-electron chi connectivity index (χ0n) is 16.4. The van der Waals surface area contributed by atoms with E-state index in [1.165, 1.54) is 0 Å². The number of hydrogen-bond donors (Lipinski definition) is 0. The van der Waals surface area contributed by atoms with Crippen LogP contribution in [0.15, 0.2) is 48.5 Å². The van der Waals surface area contributed by atoms with Gasteiger partial charge in [-0.25, -0.2) is 8.42 Å². The van der Waals surface area contributed by atoms with E-state index >= 15 is 0 Å². The number of amides is 1. The lowest BCUT2D eigenvalue weighted by Crippen LogP contribution is -2.40. The van der Waals surface area contributed by atoms with Crippen LogP contribution in [-0.4, -0.2) is 43.4 Å². The van der Waals surface area contributed by atoms with Crippen LogP contribution >= 0.6 is 0 Å². The molecule has 28 heavy (non-hydrogen) atoms. The molecule has 0 radical (unpaired) electrons. The van der Waals surface area contributed by atoms with E-state index in [0.717, 1.165) is 23.3 Å². The third-order valence-corrected chi connectivity index (χ3v) is 6.78. The van der Waals surface area contributed by atoms with E-state index in [1.54, 1.807) is 11.0 Å². The molecule has 6 heteroatoms. The molecule has 0 N–H and O–H groups in total. The van der Waals surface area contributed by atoms with Crippen molar-refractivity contribution in [2.24, 2.45) is 0 Å². The van der Waals surface area contributed by atoms with Gasteiger partial charge in [0.2, 0.25) is 0 Å². The van der Waals surface area contributed by atoms with Crippen LogP contribution in [0.5, 0.6) is 5.75 Å². The average Bonchev–Trinajstić information content (AvgIpc) is 3.04. The van der Waals surface area contributed by atoms with Gasteiger partial charge in [0, 0.05) is 18.2 Å². The topological polar surface area (TPSA) is 63.7 Å². The summed E-state index contributed by atoms with van der Waals surface area (Å²) >= 11 is 0. The first-order valence-corrected chi connectivity index (χ1v) is 11.5. The zero-order valence-corrected chi connectivity index (χ0v) is 17.2. The lowest BCUT2D eigenvalue weighted by molar-refractivity contribution is 0.0680. The van der Waals surface area contributed by atoms with Crippen molar-refractivity contribution in [3.63, 3.8) is 0 Å². The Hall–Kier alpha value is -2.34. The number of nitrogens with zero attached hydrogens (tertiary/aromatic N) is 1. The van der Waals surface area contributed by atoms with Crippen LogP contribution in [0.4, 0.5) is 0 Å². The first-order valence-electron chi connectivity index (χ1n) is 9.68. The highest BCUT2D eigenvalue weighted by molar-refractivity contribution is 7.91. The van der Waals surface area contributed by atoms with Crippen molar-refractivity contribution in [2.45, 2.75) is 39.3 Å². The van der Waals surface area contributed by atoms with Gasteiger partial charge in [-0.15, -0.1) is 0 Å². The predicted octanol–water partition coefficient (Wildman–Crippen LogP) is 3.61. The van der Waals surface area contributed by atoms with Gasteiger partial charge in [-0.1, -0.05) is 37.3 Å². The standard InChI is InChI=1S/C22H27NO4S/c1-3-13-27-20-10-8-18(9-11-20)15-23(19-12-14-28(25,26)16-19)22(24)21-7-5-4-6-17(21)2/h4-11,19H,3,12-16H2,1-2H3. The molecule has 2 aromatic rings. The van der Waals surface area contributed by atoms with Gasteiger partial charge in [-0.05, 0) is 49.1 Å². The van der Waals surface area contributed by atoms with Crippen LogP contribution in [0.2, 0.25) is 0 Å². The Balaban J connectivity index is 1.84. The molecule has 1 heterocycles. The van der Waals surface area contributed by atoms with Crippen molar-refractivity contribution in [1.82, 2.24) is 4.90 Å². The third kappa shape index (κ3) is 4.93. The molecule has 0 bridgehead atoms. The monoisotopic (exact) mass is 401 g/mol. The molecule has 5 nitrogen and oxygen atoms in total. The molecule has 1 unspecified atom stereocenters. The Kier molecular flexibility index (Phi) is 6.39. The molecular formula is C22H27NO4S. The van der Waals surface area contributed by atoms with Gasteiger partial charge in [0.25, 0.3) is 5.91 Å². The maximum Gasteiger partial charge on any atom is 0.254 e. The molecule has 1 aliphatic heterocycles. The number of hydrogen-bond acceptors (Lipinski definition) is 4. The molecule has 1 saturated heterocycles. The van der Waals surface area contributed by atoms with E-state index in [9.17, 15) is 13.2 Å². The van der Waals surface area contributed by atoms with Gasteiger partial charge in [0.15, 0.2) is 9.84 Å². The van der Waals surface area contributed by atoms with Gasteiger partial charge in [0.1, 0.15) is 5.75 Å². The molecule has 1 fully saturated rings. The Morgan fingerprint density at radius 3 is 2.46 bits per heavy atom. The minimum Gasteiger partial charge on any atom is -0.494 e. The Bertz CT molecular complexity index is 922. The first-order chi connectivity index (χ1) is 13.4. The Morgan fingerprint density at radius 1 is 1.14 bits per heavy atom. The highest BCUT2D eigenvalue weighted by Crippen LogP contribution is 2.24. The van der Waals surface area contributed by atoms with Gasteiger partial charge < -0.3 is 9.64 Å². The van der Waals surface area contributed by atoms with E-state index in [-0.39, 0.29) is 23.5 Å². The summed E-state index contributed by atoms with van der Waals surface area (Å²) in [4.78, 5) is 15.0. The maximum atomic E-state index is 13.3. The molecule has 150 valence electrons. The average molecular weight is 402 g/mol. The lowest BCUT2D eigenvalue weighted by atomic mass is 10.1. The summed E-state index contributed by atoms with van der Waals surface area (Å²) in [6, 6.07) is 14.8. The number of benzene rings is 2. The summed E-state index contributed by atoms with van der Waals surface area (Å²) in [6.45, 7) is 4.99. The van der Waals surface area contributed by atoms with Crippen molar-refractivity contribution in [1.29, 1.82) is 0 Å². The molecule has 1 atom stereocenters. The Morgan fingerprint density at radius 2 is 1.86 bits per heavy atom. The molecule has 0 aliphatic carbocycles. The second kappa shape index (κ2) is 8.78. The molecule has 3 rings (SSSR count). The largest absolute Gasteiger partial charge is 0.494 e. The summed E-state index contributed by atoms with van der Waals surface area (Å²) in [5.41, 5.74) is 2.46. The molecule has 0 saturated carbocycles. The van der Waals surface area contributed by atoms with Crippen LogP contribution in [0.25, 0.3) is 0 Å². The van der Waals surface area contributed by atoms with Crippen molar-refractivity contribution < 1.29 is 17.9 Å². The summed E-state index contributed by atoms with van der Waals surface area (Å²) in [5.74, 6) is 0.846. The number of carbonyl (C=O) groups excluding carboxylic acids is 1. The van der Waals surface area contributed by atoms with Gasteiger partial charge >= 0.3 is 0 Å². The third-order valence-electron chi connectivity index (χ3n) is 5.03. The van der Waals surface area contributed by atoms with Crippen LogP contribution in [0.1, 0.15) is 41.3 Å². The fourth-order valence-electron chi connectivity index (χ4n) is 3.46. The SMILES string of the molecule is CCCOc1ccc(CN(C(=O)c2ccccc2C)C2CCS(=O)(=O)C2)cc1. The zero-order chi connectivity index (χ0) is 20.1. The van der Waals surface area contributed by atoms with Gasteiger partial charge in [0.05, 0.1) is 18.1 Å². The minimum absolute atomic E-state index is 0.0301. The van der Waals surface area contributed by atoms with Crippen molar-refractivity contribution in [3.05, 3.63) is 65.2 Å². The molecule has 2 aromatic carbocycles. The quantitative estimate of drug-likeness (QED) is 0.711.